The van der Waals surface area contributed by atoms with Gasteiger partial charge in [0.1, 0.15) is 17.9 Å². The maximum absolute atomic E-state index is 11.7. The van der Waals surface area contributed by atoms with Crippen LogP contribution < -0.4 is 11.1 Å². The first-order valence-electron chi connectivity index (χ1n) is 8.43. The molecule has 1 fully saturated rings. The van der Waals surface area contributed by atoms with Gasteiger partial charge in [-0.3, -0.25) is 9.59 Å². The Labute approximate surface area is 145 Å². The molecule has 0 unspecified atom stereocenters. The first-order chi connectivity index (χ1) is 12.0. The van der Waals surface area contributed by atoms with E-state index in [2.05, 4.69) is 20.3 Å². The van der Waals surface area contributed by atoms with Crippen LogP contribution in [0.25, 0.3) is 11.0 Å². The van der Waals surface area contributed by atoms with Crippen LogP contribution in [0.5, 0.6) is 0 Å². The Balaban J connectivity index is 1.72. The molecule has 0 aromatic carbocycles. The SMILES string of the molecule is COCC(=O)NC1CCC(c2ncc3[nH]c(C)c(C(N)=O)c3n2)CC1. The average Bonchev–Trinajstić information content (AvgIpc) is 2.90. The lowest BCUT2D eigenvalue weighted by Gasteiger charge is -2.28. The minimum absolute atomic E-state index is 0.0856. The number of nitrogens with two attached hydrogens (primary N) is 1. The predicted molar refractivity (Wildman–Crippen MR) is 92.2 cm³/mol. The third kappa shape index (κ3) is 3.63. The summed E-state index contributed by atoms with van der Waals surface area (Å²) in [5.74, 6) is 0.377. The molecule has 134 valence electrons. The molecule has 8 heteroatoms. The second-order valence-corrected chi connectivity index (χ2v) is 6.53. The van der Waals surface area contributed by atoms with Crippen molar-refractivity contribution in [2.45, 2.75) is 44.6 Å². The highest BCUT2D eigenvalue weighted by atomic mass is 16.5. The van der Waals surface area contributed by atoms with Crippen LogP contribution in [0, 0.1) is 6.92 Å². The summed E-state index contributed by atoms with van der Waals surface area (Å²) in [6, 6.07) is 0.165. The van der Waals surface area contributed by atoms with Gasteiger partial charge in [-0.05, 0) is 32.6 Å². The van der Waals surface area contributed by atoms with Crippen LogP contribution in [0.4, 0.5) is 0 Å². The molecule has 1 aliphatic rings. The van der Waals surface area contributed by atoms with Crippen molar-refractivity contribution in [1.29, 1.82) is 0 Å². The molecule has 2 amide bonds. The number of rotatable bonds is 5. The standard InChI is InChI=1S/C17H23N5O3/c1-9-14(16(18)24)15-12(20-9)7-19-17(22-15)10-3-5-11(6-4-10)21-13(23)8-25-2/h7,10-11,20H,3-6,8H2,1-2H3,(H2,18,24)(H,21,23). The monoisotopic (exact) mass is 345 g/mol. The number of carbonyl (C=O) groups is 2. The number of methoxy groups -OCH3 is 1. The van der Waals surface area contributed by atoms with Crippen molar-refractivity contribution in [3.05, 3.63) is 23.3 Å². The molecule has 0 radical (unpaired) electrons. The number of nitrogens with one attached hydrogen (secondary N) is 2. The van der Waals surface area contributed by atoms with E-state index >= 15 is 0 Å². The van der Waals surface area contributed by atoms with Crippen LogP contribution in [0.3, 0.4) is 0 Å². The zero-order valence-electron chi connectivity index (χ0n) is 14.5. The van der Waals surface area contributed by atoms with E-state index < -0.39 is 5.91 Å². The first-order valence-corrected chi connectivity index (χ1v) is 8.43. The Kier molecular flexibility index (Phi) is 4.98. The van der Waals surface area contributed by atoms with Gasteiger partial charge in [0.15, 0.2) is 0 Å². The third-order valence-electron chi connectivity index (χ3n) is 4.72. The number of nitrogens with zero attached hydrogens (tertiary/aromatic N) is 2. The van der Waals surface area contributed by atoms with Gasteiger partial charge in [0.05, 0.1) is 17.3 Å². The topological polar surface area (TPSA) is 123 Å². The van der Waals surface area contributed by atoms with Gasteiger partial charge >= 0.3 is 0 Å². The summed E-state index contributed by atoms with van der Waals surface area (Å²) in [6.45, 7) is 1.89. The van der Waals surface area contributed by atoms with Crippen LogP contribution in [0.2, 0.25) is 0 Å². The molecule has 3 rings (SSSR count). The molecular formula is C17H23N5O3. The number of aromatic nitrogens is 3. The molecule has 2 aromatic rings. The fourth-order valence-corrected chi connectivity index (χ4v) is 3.51. The fourth-order valence-electron chi connectivity index (χ4n) is 3.51. The minimum Gasteiger partial charge on any atom is -0.375 e. The van der Waals surface area contributed by atoms with E-state index in [0.29, 0.717) is 16.8 Å². The van der Waals surface area contributed by atoms with E-state index in [9.17, 15) is 9.59 Å². The van der Waals surface area contributed by atoms with Crippen molar-refractivity contribution in [3.63, 3.8) is 0 Å². The molecule has 1 saturated carbocycles. The molecule has 0 spiro atoms. The first kappa shape index (κ1) is 17.3. The van der Waals surface area contributed by atoms with Gasteiger partial charge in [0.2, 0.25) is 5.91 Å². The Hall–Kier alpha value is -2.48. The molecule has 4 N–H and O–H groups in total. The number of amides is 2. The fraction of sp³-hybridized carbons (Fsp3) is 0.529. The summed E-state index contributed by atoms with van der Waals surface area (Å²) in [5, 5.41) is 2.98. The maximum Gasteiger partial charge on any atom is 0.252 e. The molecule has 2 aromatic heterocycles. The van der Waals surface area contributed by atoms with Gasteiger partial charge in [0, 0.05) is 24.8 Å². The predicted octanol–water partition coefficient (Wildman–Crippen LogP) is 1.15. The number of hydrogen-bond donors (Lipinski definition) is 3. The molecule has 1 aliphatic carbocycles. The van der Waals surface area contributed by atoms with E-state index in [1.807, 2.05) is 0 Å². The van der Waals surface area contributed by atoms with Crippen molar-refractivity contribution in [2.24, 2.45) is 5.73 Å². The molecule has 8 nitrogen and oxygen atoms in total. The molecule has 0 bridgehead atoms. The number of H-pyrrole nitrogens is 1. The Morgan fingerprint density at radius 1 is 1.36 bits per heavy atom. The lowest BCUT2D eigenvalue weighted by Crippen LogP contribution is -2.39. The Morgan fingerprint density at radius 2 is 2.08 bits per heavy atom. The summed E-state index contributed by atoms with van der Waals surface area (Å²) in [6.07, 6.45) is 5.23. The summed E-state index contributed by atoms with van der Waals surface area (Å²) < 4.78 is 4.84. The average molecular weight is 345 g/mol. The van der Waals surface area contributed by atoms with Gasteiger partial charge < -0.3 is 20.8 Å². The van der Waals surface area contributed by atoms with Crippen LogP contribution in [0.1, 0.15) is 53.5 Å². The normalized spacial score (nSPS) is 20.6. The molecule has 0 saturated heterocycles. The number of hydrogen-bond acceptors (Lipinski definition) is 5. The highest BCUT2D eigenvalue weighted by Crippen LogP contribution is 2.32. The number of ether oxygens (including phenoxy) is 1. The van der Waals surface area contributed by atoms with Gasteiger partial charge in [0.25, 0.3) is 5.91 Å². The van der Waals surface area contributed by atoms with Crippen molar-refractivity contribution >= 4 is 22.8 Å². The largest absolute Gasteiger partial charge is 0.375 e. The highest BCUT2D eigenvalue weighted by molar-refractivity contribution is 6.05. The Bertz CT molecular complexity index is 793. The molecule has 0 atom stereocenters. The summed E-state index contributed by atoms with van der Waals surface area (Å²) in [7, 11) is 1.51. The van der Waals surface area contributed by atoms with Crippen LogP contribution in [-0.2, 0) is 9.53 Å². The lowest BCUT2D eigenvalue weighted by atomic mass is 9.85. The Morgan fingerprint density at radius 3 is 2.72 bits per heavy atom. The second kappa shape index (κ2) is 7.18. The van der Waals surface area contributed by atoms with Crippen LogP contribution >= 0.6 is 0 Å². The summed E-state index contributed by atoms with van der Waals surface area (Å²) >= 11 is 0. The van der Waals surface area contributed by atoms with Crippen LogP contribution in [0.15, 0.2) is 6.20 Å². The number of fused-ring (bicyclic) bond motifs is 1. The zero-order chi connectivity index (χ0) is 18.0. The second-order valence-electron chi connectivity index (χ2n) is 6.53. The lowest BCUT2D eigenvalue weighted by molar-refractivity contribution is -0.125. The van der Waals surface area contributed by atoms with E-state index in [1.54, 1.807) is 13.1 Å². The van der Waals surface area contributed by atoms with Gasteiger partial charge in [-0.15, -0.1) is 0 Å². The van der Waals surface area contributed by atoms with Crippen molar-refractivity contribution in [1.82, 2.24) is 20.3 Å². The van der Waals surface area contributed by atoms with Crippen molar-refractivity contribution in [2.75, 3.05) is 13.7 Å². The molecule has 25 heavy (non-hydrogen) atoms. The van der Waals surface area contributed by atoms with Crippen molar-refractivity contribution < 1.29 is 14.3 Å². The molecular weight excluding hydrogens is 322 g/mol. The summed E-state index contributed by atoms with van der Waals surface area (Å²) in [5.41, 5.74) is 7.92. The number of carbonyl (C=O) groups excluding carboxylic acids is 2. The summed E-state index contributed by atoms with van der Waals surface area (Å²) in [4.78, 5) is 35.4. The van der Waals surface area contributed by atoms with E-state index in [1.165, 1.54) is 7.11 Å². The quantitative estimate of drug-likeness (QED) is 0.750. The highest BCUT2D eigenvalue weighted by Gasteiger charge is 2.26. The minimum atomic E-state index is -0.488. The molecule has 2 heterocycles. The van der Waals surface area contributed by atoms with Gasteiger partial charge in [-0.2, -0.15) is 0 Å². The number of aryl methyl sites for hydroxylation is 1. The van der Waals surface area contributed by atoms with E-state index in [0.717, 1.165) is 37.0 Å². The van der Waals surface area contributed by atoms with Gasteiger partial charge in [-0.1, -0.05) is 0 Å². The van der Waals surface area contributed by atoms with Crippen molar-refractivity contribution in [3.8, 4) is 0 Å². The maximum atomic E-state index is 11.7. The molecule has 0 aliphatic heterocycles. The number of aromatic amines is 1. The van der Waals surface area contributed by atoms with E-state index in [-0.39, 0.29) is 24.5 Å². The number of primary amides is 1. The van der Waals surface area contributed by atoms with Crippen LogP contribution in [-0.4, -0.2) is 46.5 Å². The zero-order valence-corrected chi connectivity index (χ0v) is 14.5. The van der Waals surface area contributed by atoms with E-state index in [4.69, 9.17) is 10.5 Å². The third-order valence-corrected chi connectivity index (χ3v) is 4.72. The van der Waals surface area contributed by atoms with Gasteiger partial charge in [-0.25, -0.2) is 9.97 Å². The smallest absolute Gasteiger partial charge is 0.252 e.